The summed E-state index contributed by atoms with van der Waals surface area (Å²) in [7, 11) is 0. The van der Waals surface area contributed by atoms with Crippen molar-refractivity contribution in [2.24, 2.45) is 0 Å². The molecule has 0 unspecified atom stereocenters. The van der Waals surface area contributed by atoms with Gasteiger partial charge in [0, 0.05) is 0 Å². The molecule has 0 heterocycles. The van der Waals surface area contributed by atoms with Gasteiger partial charge in [-0.25, -0.2) is 0 Å². The second kappa shape index (κ2) is 9.94. The molecule has 0 nitrogen and oxygen atoms in total. The second-order valence-corrected chi connectivity index (χ2v) is 5.00. The van der Waals surface area contributed by atoms with Crippen LogP contribution in [0.2, 0.25) is 0 Å². The summed E-state index contributed by atoms with van der Waals surface area (Å²) >= 11 is 0. The average Bonchev–Trinajstić information content (AvgIpc) is 2.41. The maximum Gasteiger partial charge on any atom is -0.0149 e. The smallest absolute Gasteiger partial charge is 0.0149 e. The quantitative estimate of drug-likeness (QED) is 0.487. The lowest BCUT2D eigenvalue weighted by atomic mass is 10.0. The van der Waals surface area contributed by atoms with Crippen LogP contribution in [0.15, 0.2) is 30.3 Å². The molecule has 18 heavy (non-hydrogen) atoms. The Morgan fingerprint density at radius 2 is 1.61 bits per heavy atom. The molecule has 0 saturated carbocycles. The molecule has 1 radical (unpaired) electrons. The van der Waals surface area contributed by atoms with Crippen molar-refractivity contribution >= 4 is 0 Å². The molecule has 1 aromatic rings. The maximum atomic E-state index is 3.36. The molecule has 0 fully saturated rings. The largest absolute Gasteiger partial charge is 0.0760 e. The number of hydrogen-bond acceptors (Lipinski definition) is 0. The van der Waals surface area contributed by atoms with Gasteiger partial charge in [0.25, 0.3) is 0 Å². The van der Waals surface area contributed by atoms with E-state index in [0.717, 1.165) is 6.42 Å². The summed E-state index contributed by atoms with van der Waals surface area (Å²) in [5.41, 5.74) is 2.67. The van der Waals surface area contributed by atoms with E-state index in [2.05, 4.69) is 50.3 Å². The van der Waals surface area contributed by atoms with Crippen molar-refractivity contribution in [3.63, 3.8) is 0 Å². The van der Waals surface area contributed by atoms with Gasteiger partial charge in [0.2, 0.25) is 0 Å². The van der Waals surface area contributed by atoms with E-state index in [0.29, 0.717) is 0 Å². The molecule has 0 N–H and O–H groups in total. The van der Waals surface area contributed by atoms with Crippen molar-refractivity contribution in [2.45, 2.75) is 65.2 Å². The summed E-state index contributed by atoms with van der Waals surface area (Å²) in [6.07, 6.45) is 15.8. The summed E-state index contributed by atoms with van der Waals surface area (Å²) in [6, 6.07) is 8.89. The van der Waals surface area contributed by atoms with E-state index in [1.54, 1.807) is 0 Å². The van der Waals surface area contributed by atoms with Gasteiger partial charge in [0.05, 0.1) is 0 Å². The van der Waals surface area contributed by atoms with Gasteiger partial charge in [0.15, 0.2) is 0 Å². The summed E-state index contributed by atoms with van der Waals surface area (Å²) in [6.45, 7) is 4.48. The molecule has 0 amide bonds. The van der Waals surface area contributed by atoms with Crippen LogP contribution in [0.5, 0.6) is 0 Å². The molecule has 0 aromatic heterocycles. The molecule has 0 aliphatic heterocycles. The van der Waals surface area contributed by atoms with Gasteiger partial charge in [-0.05, 0) is 36.5 Å². The Morgan fingerprint density at radius 3 is 2.28 bits per heavy atom. The van der Waals surface area contributed by atoms with E-state index >= 15 is 0 Å². The van der Waals surface area contributed by atoms with Crippen molar-refractivity contribution < 1.29 is 0 Å². The van der Waals surface area contributed by atoms with Crippen LogP contribution < -0.4 is 0 Å². The third-order valence-corrected chi connectivity index (χ3v) is 3.24. The second-order valence-electron chi connectivity index (χ2n) is 5.00. The minimum Gasteiger partial charge on any atom is -0.0760 e. The Hall–Kier alpha value is -1.04. The van der Waals surface area contributed by atoms with E-state index in [9.17, 15) is 0 Å². The normalized spacial score (nSPS) is 11.2. The van der Waals surface area contributed by atoms with Crippen LogP contribution in [0, 0.1) is 6.08 Å². The molecule has 0 saturated heterocycles. The molecule has 0 spiro atoms. The van der Waals surface area contributed by atoms with E-state index in [1.165, 1.54) is 56.1 Å². The lowest BCUT2D eigenvalue weighted by Gasteiger charge is -2.01. The number of benzene rings is 1. The van der Waals surface area contributed by atoms with Crippen LogP contribution >= 0.6 is 0 Å². The highest BCUT2D eigenvalue weighted by Gasteiger charge is 1.94. The fraction of sp³-hybridized carbons (Fsp3) is 0.556. The van der Waals surface area contributed by atoms with Gasteiger partial charge >= 0.3 is 0 Å². The third kappa shape index (κ3) is 6.64. The van der Waals surface area contributed by atoms with Gasteiger partial charge in [0.1, 0.15) is 0 Å². The highest BCUT2D eigenvalue weighted by Crippen LogP contribution is 2.10. The summed E-state index contributed by atoms with van der Waals surface area (Å²) in [5, 5.41) is 0. The van der Waals surface area contributed by atoms with Crippen LogP contribution in [-0.2, 0) is 6.42 Å². The molecule has 0 aliphatic rings. The van der Waals surface area contributed by atoms with Gasteiger partial charge in [-0.15, -0.1) is 0 Å². The topological polar surface area (TPSA) is 0 Å². The molecule has 0 aliphatic carbocycles. The molecule has 0 heteroatoms. The first-order valence-corrected chi connectivity index (χ1v) is 7.54. The van der Waals surface area contributed by atoms with E-state index < -0.39 is 0 Å². The van der Waals surface area contributed by atoms with Crippen molar-refractivity contribution in [3.05, 3.63) is 47.5 Å². The lowest BCUT2D eigenvalue weighted by molar-refractivity contribution is 0.667. The fourth-order valence-corrected chi connectivity index (χ4v) is 2.02. The highest BCUT2D eigenvalue weighted by atomic mass is 14.0. The maximum absolute atomic E-state index is 3.36. The first-order chi connectivity index (χ1) is 8.86. The van der Waals surface area contributed by atoms with Crippen LogP contribution in [0.25, 0.3) is 0 Å². The van der Waals surface area contributed by atoms with Crippen LogP contribution in [-0.4, -0.2) is 0 Å². The SMILES string of the molecule is CCCC/C=[C]\c1ccc(CCCCCC)cc1. The Morgan fingerprint density at radius 1 is 0.889 bits per heavy atom. The fourth-order valence-electron chi connectivity index (χ4n) is 2.02. The minimum absolute atomic E-state index is 1.15. The first-order valence-electron chi connectivity index (χ1n) is 7.54. The molecule has 1 rings (SSSR count). The zero-order valence-electron chi connectivity index (χ0n) is 12.0. The first kappa shape index (κ1) is 15.0. The number of hydrogen-bond donors (Lipinski definition) is 0. The predicted molar refractivity (Wildman–Crippen MR) is 80.7 cm³/mol. The van der Waals surface area contributed by atoms with Gasteiger partial charge in [-0.3, -0.25) is 0 Å². The van der Waals surface area contributed by atoms with Crippen molar-refractivity contribution in [1.82, 2.24) is 0 Å². The minimum atomic E-state index is 1.15. The number of aryl methyl sites for hydroxylation is 1. The summed E-state index contributed by atoms with van der Waals surface area (Å²) < 4.78 is 0. The van der Waals surface area contributed by atoms with Gasteiger partial charge in [-0.1, -0.05) is 76.3 Å². The summed E-state index contributed by atoms with van der Waals surface area (Å²) in [5.74, 6) is 0. The molecule has 1 aromatic carbocycles. The monoisotopic (exact) mass is 243 g/mol. The Kier molecular flexibility index (Phi) is 8.29. The lowest BCUT2D eigenvalue weighted by Crippen LogP contribution is -1.86. The van der Waals surface area contributed by atoms with E-state index in [1.807, 2.05) is 0 Å². The standard InChI is InChI=1S/C18H27/c1-3-5-7-9-11-17-13-15-18(16-14-17)12-10-8-6-4-2/h9,13-16H,3-8,10,12H2,1-2H3. The van der Waals surface area contributed by atoms with Crippen LogP contribution in [0.4, 0.5) is 0 Å². The van der Waals surface area contributed by atoms with E-state index in [4.69, 9.17) is 0 Å². The third-order valence-electron chi connectivity index (χ3n) is 3.24. The summed E-state index contributed by atoms with van der Waals surface area (Å²) in [4.78, 5) is 0. The zero-order valence-corrected chi connectivity index (χ0v) is 12.0. The number of rotatable bonds is 9. The zero-order chi connectivity index (χ0) is 13.1. The van der Waals surface area contributed by atoms with E-state index in [-0.39, 0.29) is 0 Å². The molecular weight excluding hydrogens is 216 g/mol. The van der Waals surface area contributed by atoms with Crippen molar-refractivity contribution in [2.75, 3.05) is 0 Å². The highest BCUT2D eigenvalue weighted by molar-refractivity contribution is 5.27. The molecular formula is C18H27. The Balaban J connectivity index is 2.30. The Labute approximate surface area is 113 Å². The molecule has 99 valence electrons. The molecule has 0 bridgehead atoms. The predicted octanol–water partition coefficient (Wildman–Crippen LogP) is 5.71. The molecule has 0 atom stereocenters. The van der Waals surface area contributed by atoms with Gasteiger partial charge < -0.3 is 0 Å². The van der Waals surface area contributed by atoms with Crippen LogP contribution in [0.1, 0.15) is 69.9 Å². The average molecular weight is 243 g/mol. The number of unbranched alkanes of at least 4 members (excludes halogenated alkanes) is 5. The Bertz CT molecular complexity index is 318. The van der Waals surface area contributed by atoms with Crippen molar-refractivity contribution in [3.8, 4) is 0 Å². The van der Waals surface area contributed by atoms with Crippen molar-refractivity contribution in [1.29, 1.82) is 0 Å². The van der Waals surface area contributed by atoms with Crippen LogP contribution in [0.3, 0.4) is 0 Å². The number of allylic oxidation sites excluding steroid dienone is 1. The van der Waals surface area contributed by atoms with Gasteiger partial charge in [-0.2, -0.15) is 0 Å².